The molecule has 0 amide bonds. The molecule has 176 valence electrons. The number of nitrogens with zero attached hydrogens (tertiary/aromatic N) is 3. The van der Waals surface area contributed by atoms with Crippen LogP contribution in [0.5, 0.6) is 0 Å². The van der Waals surface area contributed by atoms with Crippen molar-refractivity contribution >= 4 is 29.1 Å². The summed E-state index contributed by atoms with van der Waals surface area (Å²) in [5, 5.41) is 0. The highest BCUT2D eigenvalue weighted by Crippen LogP contribution is 2.31. The second kappa shape index (κ2) is 9.43. The normalized spacial score (nSPS) is 15.9. The van der Waals surface area contributed by atoms with Crippen molar-refractivity contribution in [1.82, 2.24) is 4.57 Å². The molecule has 1 aliphatic heterocycles. The summed E-state index contributed by atoms with van der Waals surface area (Å²) in [6, 6.07) is 15.3. The fraction of sp³-hybridized carbons (Fsp3) is 0.296. The Morgan fingerprint density at radius 2 is 1.74 bits per heavy atom. The third kappa shape index (κ3) is 4.61. The molecule has 4 rings (SSSR count). The molecule has 7 heteroatoms. The molecule has 0 N–H and O–H groups in total. The predicted octanol–water partition coefficient (Wildman–Crippen LogP) is 3.56. The van der Waals surface area contributed by atoms with Gasteiger partial charge in [-0.25, -0.2) is 9.79 Å². The van der Waals surface area contributed by atoms with Crippen molar-refractivity contribution in [2.24, 2.45) is 4.99 Å². The van der Waals surface area contributed by atoms with Gasteiger partial charge in [-0.2, -0.15) is 0 Å². The Morgan fingerprint density at radius 1 is 1.09 bits per heavy atom. The quantitative estimate of drug-likeness (QED) is 0.530. The molecule has 0 aliphatic carbocycles. The van der Waals surface area contributed by atoms with Crippen LogP contribution in [0.4, 0.5) is 5.69 Å². The van der Waals surface area contributed by atoms with Gasteiger partial charge in [0.05, 0.1) is 27.9 Å². The van der Waals surface area contributed by atoms with Crippen molar-refractivity contribution in [2.45, 2.75) is 39.8 Å². The molecule has 1 aromatic heterocycles. The number of hydrogen-bond donors (Lipinski definition) is 0. The molecule has 0 fully saturated rings. The lowest BCUT2D eigenvalue weighted by Gasteiger charge is -2.25. The van der Waals surface area contributed by atoms with Gasteiger partial charge in [-0.05, 0) is 57.0 Å². The lowest BCUT2D eigenvalue weighted by atomic mass is 9.95. The van der Waals surface area contributed by atoms with Gasteiger partial charge in [0.2, 0.25) is 0 Å². The van der Waals surface area contributed by atoms with E-state index in [9.17, 15) is 9.59 Å². The van der Waals surface area contributed by atoms with Crippen LogP contribution in [0.1, 0.15) is 43.5 Å². The number of carbonyl (C=O) groups is 1. The highest BCUT2D eigenvalue weighted by Gasteiger charge is 2.33. The fourth-order valence-corrected chi connectivity index (χ4v) is 4.99. The number of thiazole rings is 1. The zero-order chi connectivity index (χ0) is 24.6. The number of ether oxygens (including phenoxy) is 1. The van der Waals surface area contributed by atoms with Crippen LogP contribution < -0.4 is 19.8 Å². The summed E-state index contributed by atoms with van der Waals surface area (Å²) in [4.78, 5) is 34.0. The Hall–Kier alpha value is -3.45. The Balaban J connectivity index is 1.89. The number of esters is 1. The number of carbonyl (C=O) groups excluding carboxylic acids is 1. The third-order valence-corrected chi connectivity index (χ3v) is 6.67. The van der Waals surface area contributed by atoms with Gasteiger partial charge in [0, 0.05) is 19.8 Å². The standard InChI is InChI=1S/C27H29N3O3S/c1-16(2)33-26(32)23-18(4)28-27-30(24(23)20-11-7-17(3)8-12-20)25(31)22(34-27)15-19-9-13-21(14-10-19)29(5)6/h7-16,24H,1-6H3/b22-15-/t24-/m1/s1. The molecule has 0 bridgehead atoms. The van der Waals surface area contributed by atoms with Crippen LogP contribution in [0.2, 0.25) is 0 Å². The van der Waals surface area contributed by atoms with Crippen LogP contribution in [0, 0.1) is 6.92 Å². The van der Waals surface area contributed by atoms with E-state index in [2.05, 4.69) is 4.99 Å². The van der Waals surface area contributed by atoms with E-state index >= 15 is 0 Å². The van der Waals surface area contributed by atoms with Crippen molar-refractivity contribution in [2.75, 3.05) is 19.0 Å². The van der Waals surface area contributed by atoms with Crippen LogP contribution in [0.25, 0.3) is 6.08 Å². The van der Waals surface area contributed by atoms with Gasteiger partial charge in [-0.3, -0.25) is 9.36 Å². The first-order valence-corrected chi connectivity index (χ1v) is 12.0. The summed E-state index contributed by atoms with van der Waals surface area (Å²) >= 11 is 1.33. The maximum Gasteiger partial charge on any atom is 0.338 e. The molecule has 6 nitrogen and oxygen atoms in total. The molecule has 0 spiro atoms. The maximum atomic E-state index is 13.6. The highest BCUT2D eigenvalue weighted by atomic mass is 32.1. The molecule has 0 radical (unpaired) electrons. The highest BCUT2D eigenvalue weighted by molar-refractivity contribution is 7.07. The third-order valence-electron chi connectivity index (χ3n) is 5.68. The summed E-state index contributed by atoms with van der Waals surface area (Å²) in [6.45, 7) is 7.43. The van der Waals surface area contributed by atoms with Gasteiger partial charge in [0.15, 0.2) is 4.80 Å². The summed E-state index contributed by atoms with van der Waals surface area (Å²) in [5.74, 6) is -0.449. The van der Waals surface area contributed by atoms with Gasteiger partial charge >= 0.3 is 5.97 Å². The molecule has 0 saturated carbocycles. The molecule has 2 aromatic carbocycles. The molecule has 2 heterocycles. The Labute approximate surface area is 203 Å². The van der Waals surface area contributed by atoms with E-state index in [1.54, 1.807) is 11.5 Å². The van der Waals surface area contributed by atoms with Crippen molar-refractivity contribution in [3.05, 3.63) is 96.2 Å². The van der Waals surface area contributed by atoms with E-state index in [-0.39, 0.29) is 11.7 Å². The minimum Gasteiger partial charge on any atom is -0.459 e. The Morgan fingerprint density at radius 3 is 2.32 bits per heavy atom. The average Bonchev–Trinajstić information content (AvgIpc) is 3.07. The van der Waals surface area contributed by atoms with Crippen molar-refractivity contribution < 1.29 is 9.53 Å². The first kappa shape index (κ1) is 23.7. The zero-order valence-corrected chi connectivity index (χ0v) is 21.1. The summed E-state index contributed by atoms with van der Waals surface area (Å²) < 4.78 is 7.74. The second-order valence-corrected chi connectivity index (χ2v) is 9.94. The summed E-state index contributed by atoms with van der Waals surface area (Å²) in [6.07, 6.45) is 1.60. The van der Waals surface area contributed by atoms with Gasteiger partial charge in [0.1, 0.15) is 0 Å². The van der Waals surface area contributed by atoms with Crippen LogP contribution in [0.15, 0.2) is 69.6 Å². The van der Waals surface area contributed by atoms with E-state index in [1.807, 2.05) is 94.4 Å². The van der Waals surface area contributed by atoms with Crippen molar-refractivity contribution in [3.8, 4) is 0 Å². The van der Waals surface area contributed by atoms with Gasteiger partial charge in [-0.15, -0.1) is 0 Å². The van der Waals surface area contributed by atoms with Gasteiger partial charge in [-0.1, -0.05) is 53.3 Å². The maximum absolute atomic E-state index is 13.6. The number of hydrogen-bond acceptors (Lipinski definition) is 6. The van der Waals surface area contributed by atoms with E-state index in [1.165, 1.54) is 11.3 Å². The second-order valence-electron chi connectivity index (χ2n) is 8.93. The lowest BCUT2D eigenvalue weighted by Crippen LogP contribution is -2.40. The van der Waals surface area contributed by atoms with Gasteiger partial charge in [0.25, 0.3) is 5.56 Å². The first-order chi connectivity index (χ1) is 16.2. The van der Waals surface area contributed by atoms with E-state index in [4.69, 9.17) is 4.74 Å². The number of benzene rings is 2. The number of allylic oxidation sites excluding steroid dienone is 1. The first-order valence-electron chi connectivity index (χ1n) is 11.2. The van der Waals surface area contributed by atoms with E-state index in [0.29, 0.717) is 20.6 Å². The predicted molar refractivity (Wildman–Crippen MR) is 137 cm³/mol. The monoisotopic (exact) mass is 475 g/mol. The fourth-order valence-electron chi connectivity index (χ4n) is 3.94. The molecule has 0 unspecified atom stereocenters. The smallest absolute Gasteiger partial charge is 0.338 e. The Bertz CT molecular complexity index is 1430. The van der Waals surface area contributed by atoms with Crippen LogP contribution in [0.3, 0.4) is 0 Å². The molecule has 1 aliphatic rings. The molecular formula is C27H29N3O3S. The van der Waals surface area contributed by atoms with Crippen LogP contribution in [-0.4, -0.2) is 30.7 Å². The topological polar surface area (TPSA) is 63.9 Å². The largest absolute Gasteiger partial charge is 0.459 e. The van der Waals surface area contributed by atoms with E-state index < -0.39 is 12.0 Å². The van der Waals surface area contributed by atoms with E-state index in [0.717, 1.165) is 22.4 Å². The average molecular weight is 476 g/mol. The number of fused-ring (bicyclic) bond motifs is 1. The zero-order valence-electron chi connectivity index (χ0n) is 20.3. The number of aryl methyl sites for hydroxylation is 1. The SMILES string of the molecule is CC1=C(C(=O)OC(C)C)[C@@H](c2ccc(C)cc2)n2c(s/c(=C\c3ccc(N(C)C)cc3)c2=O)=N1. The Kier molecular flexibility index (Phi) is 6.57. The van der Waals surface area contributed by atoms with Gasteiger partial charge < -0.3 is 9.64 Å². The molecule has 3 aromatic rings. The number of aromatic nitrogens is 1. The van der Waals surface area contributed by atoms with Crippen molar-refractivity contribution in [1.29, 1.82) is 0 Å². The van der Waals surface area contributed by atoms with Crippen molar-refractivity contribution in [3.63, 3.8) is 0 Å². The minimum atomic E-state index is -0.596. The summed E-state index contributed by atoms with van der Waals surface area (Å²) in [7, 11) is 3.98. The number of rotatable bonds is 5. The van der Waals surface area contributed by atoms with Crippen LogP contribution >= 0.6 is 11.3 Å². The lowest BCUT2D eigenvalue weighted by molar-refractivity contribution is -0.143. The molecule has 1 atom stereocenters. The minimum absolute atomic E-state index is 0.173. The molecular weight excluding hydrogens is 446 g/mol. The number of anilines is 1. The van der Waals surface area contributed by atoms with Crippen LogP contribution in [-0.2, 0) is 9.53 Å². The molecule has 0 saturated heterocycles. The summed E-state index contributed by atoms with van der Waals surface area (Å²) in [5.41, 5.74) is 4.75. The molecule has 34 heavy (non-hydrogen) atoms.